The Kier molecular flexibility index (Phi) is 16.0. The van der Waals surface area contributed by atoms with Crippen LogP contribution in [0.1, 0.15) is 26.4 Å². The number of nitrogens with one attached hydrogen (secondary N) is 1. The van der Waals surface area contributed by atoms with Gasteiger partial charge in [0, 0.05) is 27.6 Å². The minimum atomic E-state index is -0.174. The van der Waals surface area contributed by atoms with Crippen molar-refractivity contribution in [3.8, 4) is 17.0 Å². The van der Waals surface area contributed by atoms with Crippen LogP contribution in [0.4, 0.5) is 5.13 Å². The lowest BCUT2D eigenvalue weighted by Gasteiger charge is -2.09. The van der Waals surface area contributed by atoms with Crippen molar-refractivity contribution in [3.05, 3.63) is 101 Å². The minimum Gasteiger partial charge on any atom is -0.491 e. The van der Waals surface area contributed by atoms with Crippen LogP contribution in [0, 0.1) is 13.8 Å². The molecule has 53 heavy (non-hydrogen) atoms. The first-order valence-corrected chi connectivity index (χ1v) is 18.4. The predicted octanol–water partition coefficient (Wildman–Crippen LogP) is 5.71. The number of thiazole rings is 1. The fourth-order valence-electron chi connectivity index (χ4n) is 5.49. The number of carbonyl (C=O) groups is 2. The van der Waals surface area contributed by atoms with Crippen LogP contribution in [0.15, 0.2) is 79.0 Å². The molecular weight excluding hydrogens is 699 g/mol. The number of carbonyl (C=O) groups excluding carboxylic acids is 2. The van der Waals surface area contributed by atoms with Crippen molar-refractivity contribution in [2.24, 2.45) is 0 Å². The highest BCUT2D eigenvalue weighted by atomic mass is 32.1. The molecule has 0 bridgehead atoms. The summed E-state index contributed by atoms with van der Waals surface area (Å²) in [6.07, 6.45) is 1.97. The fraction of sp³-hybridized carbons (Fsp3) is 0.375. The Morgan fingerprint density at radius 2 is 1.42 bits per heavy atom. The molecule has 1 amide bonds. The maximum absolute atomic E-state index is 13.3. The molecule has 0 aliphatic rings. The van der Waals surface area contributed by atoms with E-state index in [1.54, 1.807) is 10.8 Å². The lowest BCUT2D eigenvalue weighted by atomic mass is 10.1. The standard InChI is InChI=1S/C40H47N3O9S/c1-29-6-3-4-9-35(29)39(46)43-13-12-32-28-33(10-11-36(32)43)38-30(2)53-40(42-38)41-37(45)27-31-7-5-8-34(26-31)52-25-24-51-23-22-50-21-20-49-19-18-48-17-16-47-15-14-44/h3-13,26,28,44H,14-25,27H2,1-2H3,(H,41,42,45). The Hall–Kier alpha value is -4.47. The summed E-state index contributed by atoms with van der Waals surface area (Å²) in [5, 5.41) is 13.0. The molecule has 3 aromatic carbocycles. The number of hydrogen-bond donors (Lipinski definition) is 2. The maximum atomic E-state index is 13.3. The first-order valence-electron chi connectivity index (χ1n) is 17.6. The second-order valence-electron chi connectivity index (χ2n) is 12.0. The quantitative estimate of drug-likeness (QED) is 0.0801. The second-order valence-corrected chi connectivity index (χ2v) is 13.2. The van der Waals surface area contributed by atoms with Crippen LogP contribution in [0.2, 0.25) is 0 Å². The number of amides is 1. The van der Waals surface area contributed by atoms with Gasteiger partial charge in [-0.25, -0.2) is 4.98 Å². The zero-order chi connectivity index (χ0) is 37.3. The van der Waals surface area contributed by atoms with E-state index >= 15 is 0 Å². The number of ether oxygens (including phenoxy) is 6. The Bertz CT molecular complexity index is 1910. The summed E-state index contributed by atoms with van der Waals surface area (Å²) in [6.45, 7) is 8.73. The highest BCUT2D eigenvalue weighted by Gasteiger charge is 2.17. The van der Waals surface area contributed by atoms with Gasteiger partial charge >= 0.3 is 0 Å². The van der Waals surface area contributed by atoms with Crippen molar-refractivity contribution in [1.82, 2.24) is 9.55 Å². The number of aryl methyl sites for hydroxylation is 2. The van der Waals surface area contributed by atoms with Gasteiger partial charge in [-0.15, -0.1) is 11.3 Å². The molecule has 0 fully saturated rings. The molecule has 5 rings (SSSR count). The summed E-state index contributed by atoms with van der Waals surface area (Å²) in [4.78, 5) is 32.0. The third-order valence-corrected chi connectivity index (χ3v) is 8.97. The van der Waals surface area contributed by atoms with Crippen LogP contribution in [0.25, 0.3) is 22.2 Å². The number of aromatic nitrogens is 2. The highest BCUT2D eigenvalue weighted by molar-refractivity contribution is 7.16. The summed E-state index contributed by atoms with van der Waals surface area (Å²) in [5.74, 6) is 0.416. The van der Waals surface area contributed by atoms with Crippen LogP contribution in [0.3, 0.4) is 0 Å². The van der Waals surface area contributed by atoms with Crippen molar-refractivity contribution < 1.29 is 43.1 Å². The minimum absolute atomic E-state index is 0.0115. The van der Waals surface area contributed by atoms with Crippen LogP contribution in [0.5, 0.6) is 5.75 Å². The Morgan fingerprint density at radius 3 is 2.09 bits per heavy atom. The van der Waals surface area contributed by atoms with Gasteiger partial charge in [-0.1, -0.05) is 36.4 Å². The monoisotopic (exact) mass is 745 g/mol. The summed E-state index contributed by atoms with van der Waals surface area (Å²) in [5.41, 5.74) is 4.95. The Morgan fingerprint density at radius 1 is 0.755 bits per heavy atom. The molecule has 0 saturated carbocycles. The van der Waals surface area contributed by atoms with E-state index in [-0.39, 0.29) is 24.8 Å². The van der Waals surface area contributed by atoms with E-state index < -0.39 is 0 Å². The van der Waals surface area contributed by atoms with Crippen LogP contribution >= 0.6 is 11.3 Å². The molecule has 282 valence electrons. The number of aliphatic hydroxyl groups excluding tert-OH is 1. The number of anilines is 1. The molecule has 2 heterocycles. The third-order valence-electron chi connectivity index (χ3n) is 8.08. The van der Waals surface area contributed by atoms with Gasteiger partial charge in [0.15, 0.2) is 5.13 Å². The van der Waals surface area contributed by atoms with Crippen molar-refractivity contribution in [1.29, 1.82) is 0 Å². The summed E-state index contributed by atoms with van der Waals surface area (Å²) >= 11 is 1.42. The first-order chi connectivity index (χ1) is 25.9. The fourth-order valence-corrected chi connectivity index (χ4v) is 6.34. The molecule has 2 aromatic heterocycles. The number of benzene rings is 3. The molecule has 0 atom stereocenters. The first kappa shape index (κ1) is 39.7. The lowest BCUT2D eigenvalue weighted by Crippen LogP contribution is -2.15. The molecule has 12 nitrogen and oxygen atoms in total. The van der Waals surface area contributed by atoms with E-state index in [1.165, 1.54) is 11.3 Å². The highest BCUT2D eigenvalue weighted by Crippen LogP contribution is 2.33. The number of fused-ring (bicyclic) bond motifs is 1. The van der Waals surface area contributed by atoms with E-state index in [9.17, 15) is 9.59 Å². The van der Waals surface area contributed by atoms with Crippen molar-refractivity contribution >= 4 is 39.2 Å². The zero-order valence-electron chi connectivity index (χ0n) is 30.2. The van der Waals surface area contributed by atoms with E-state index in [0.29, 0.717) is 89.1 Å². The molecule has 0 aliphatic carbocycles. The number of rotatable bonds is 23. The van der Waals surface area contributed by atoms with E-state index in [2.05, 4.69) is 5.32 Å². The largest absolute Gasteiger partial charge is 0.491 e. The summed E-state index contributed by atoms with van der Waals surface area (Å²) in [6, 6.07) is 22.9. The molecule has 13 heteroatoms. The SMILES string of the molecule is Cc1ccccc1C(=O)n1ccc2cc(-c3nc(NC(=O)Cc4cccc(OCCOCCOCCOCCOCCOCCO)c4)sc3C)ccc21. The molecule has 5 aromatic rings. The van der Waals surface area contributed by atoms with Gasteiger partial charge in [0.05, 0.1) is 90.3 Å². The maximum Gasteiger partial charge on any atom is 0.262 e. The van der Waals surface area contributed by atoms with Gasteiger partial charge in [0.2, 0.25) is 5.91 Å². The molecule has 0 saturated heterocycles. The third kappa shape index (κ3) is 12.3. The number of aliphatic hydroxyl groups is 1. The average molecular weight is 746 g/mol. The number of nitrogens with zero attached hydrogens (tertiary/aromatic N) is 2. The summed E-state index contributed by atoms with van der Waals surface area (Å²) < 4.78 is 34.5. The van der Waals surface area contributed by atoms with Gasteiger partial charge in [-0.2, -0.15) is 0 Å². The topological polar surface area (TPSA) is 140 Å². The van der Waals surface area contributed by atoms with Gasteiger partial charge in [-0.05, 0) is 61.4 Å². The Labute approximate surface area is 313 Å². The molecule has 0 unspecified atom stereocenters. The van der Waals surface area contributed by atoms with Gasteiger partial charge in [0.1, 0.15) is 12.4 Å². The van der Waals surface area contributed by atoms with Gasteiger partial charge < -0.3 is 38.8 Å². The average Bonchev–Trinajstić information content (AvgIpc) is 3.75. The van der Waals surface area contributed by atoms with E-state index in [0.717, 1.165) is 38.2 Å². The van der Waals surface area contributed by atoms with Crippen molar-refractivity contribution in [3.63, 3.8) is 0 Å². The van der Waals surface area contributed by atoms with Crippen molar-refractivity contribution in [2.75, 3.05) is 84.6 Å². The predicted molar refractivity (Wildman–Crippen MR) is 204 cm³/mol. The van der Waals surface area contributed by atoms with Crippen LogP contribution < -0.4 is 10.1 Å². The Balaban J connectivity index is 0.991. The van der Waals surface area contributed by atoms with Gasteiger partial charge in [-0.3, -0.25) is 14.2 Å². The number of hydrogen-bond acceptors (Lipinski definition) is 11. The van der Waals surface area contributed by atoms with Gasteiger partial charge in [0.25, 0.3) is 5.91 Å². The van der Waals surface area contributed by atoms with Crippen LogP contribution in [-0.2, 0) is 34.9 Å². The molecule has 2 N–H and O–H groups in total. The lowest BCUT2D eigenvalue weighted by molar-refractivity contribution is -0.115. The molecule has 0 spiro atoms. The molecular formula is C40H47N3O9S. The smallest absolute Gasteiger partial charge is 0.262 e. The van der Waals surface area contributed by atoms with Crippen molar-refractivity contribution in [2.45, 2.75) is 20.3 Å². The van der Waals surface area contributed by atoms with E-state index in [1.807, 2.05) is 86.6 Å². The van der Waals surface area contributed by atoms with E-state index in [4.69, 9.17) is 38.5 Å². The molecule has 0 radical (unpaired) electrons. The second kappa shape index (κ2) is 21.3. The normalized spacial score (nSPS) is 11.3. The van der Waals surface area contributed by atoms with Crippen LogP contribution in [-0.4, -0.2) is 106 Å². The summed E-state index contributed by atoms with van der Waals surface area (Å²) in [7, 11) is 0. The zero-order valence-corrected chi connectivity index (χ0v) is 31.0. The molecule has 0 aliphatic heterocycles.